The third-order valence-electron chi connectivity index (χ3n) is 3.62. The number of allylic oxidation sites excluding steroid dienone is 3. The number of ketones is 1. The molecule has 1 saturated carbocycles. The number of methoxy groups -OCH3 is 1. The zero-order valence-electron chi connectivity index (χ0n) is 9.66. The molecule has 2 rings (SSSR count). The highest BCUT2D eigenvalue weighted by atomic mass is 16.5. The maximum absolute atomic E-state index is 12.1. The van der Waals surface area contributed by atoms with Crippen LogP contribution in [-0.4, -0.2) is 18.0 Å². The van der Waals surface area contributed by atoms with Gasteiger partial charge in [-0.15, -0.1) is 0 Å². The molecule has 0 heterocycles. The van der Waals surface area contributed by atoms with E-state index in [1.165, 1.54) is 12.8 Å². The minimum Gasteiger partial charge on any atom is -0.515 e. The normalized spacial score (nSPS) is 25.6. The average Bonchev–Trinajstić information content (AvgIpc) is 2.81. The van der Waals surface area contributed by atoms with Crippen LogP contribution < -0.4 is 0 Å². The van der Waals surface area contributed by atoms with E-state index in [2.05, 4.69) is 0 Å². The van der Waals surface area contributed by atoms with Crippen molar-refractivity contribution in [2.24, 2.45) is 5.92 Å². The SMILES string of the molecule is COC1=C(C2CCCC2)C(=O)C(=CO)CC1. The van der Waals surface area contributed by atoms with E-state index < -0.39 is 0 Å². The van der Waals surface area contributed by atoms with Crippen molar-refractivity contribution >= 4 is 5.78 Å². The van der Waals surface area contributed by atoms with Gasteiger partial charge in [0.2, 0.25) is 0 Å². The molecule has 3 heteroatoms. The molecule has 88 valence electrons. The quantitative estimate of drug-likeness (QED) is 0.577. The molecule has 0 amide bonds. The van der Waals surface area contributed by atoms with Gasteiger partial charge in [-0.3, -0.25) is 4.79 Å². The van der Waals surface area contributed by atoms with Gasteiger partial charge >= 0.3 is 0 Å². The van der Waals surface area contributed by atoms with Crippen LogP contribution in [-0.2, 0) is 9.53 Å². The summed E-state index contributed by atoms with van der Waals surface area (Å²) in [6.07, 6.45) is 6.82. The molecule has 0 aliphatic heterocycles. The Balaban J connectivity index is 2.33. The number of aliphatic hydroxyl groups is 1. The molecule has 2 aliphatic rings. The van der Waals surface area contributed by atoms with Crippen LogP contribution >= 0.6 is 0 Å². The molecule has 0 spiro atoms. The first-order valence-corrected chi connectivity index (χ1v) is 5.93. The predicted octanol–water partition coefficient (Wildman–Crippen LogP) is 2.88. The Morgan fingerprint density at radius 1 is 1.31 bits per heavy atom. The van der Waals surface area contributed by atoms with Gasteiger partial charge in [0.1, 0.15) is 5.76 Å². The van der Waals surface area contributed by atoms with Crippen LogP contribution in [0.25, 0.3) is 0 Å². The second kappa shape index (κ2) is 4.73. The third kappa shape index (κ3) is 1.86. The summed E-state index contributed by atoms with van der Waals surface area (Å²) in [5.74, 6) is 1.18. The Morgan fingerprint density at radius 3 is 2.56 bits per heavy atom. The van der Waals surface area contributed by atoms with E-state index in [0.717, 1.165) is 36.9 Å². The van der Waals surface area contributed by atoms with Crippen LogP contribution in [0.2, 0.25) is 0 Å². The fourth-order valence-electron chi connectivity index (χ4n) is 2.76. The summed E-state index contributed by atoms with van der Waals surface area (Å²) >= 11 is 0. The molecule has 1 N–H and O–H groups in total. The molecule has 0 aromatic heterocycles. The molecule has 0 aromatic rings. The molecule has 2 aliphatic carbocycles. The summed E-state index contributed by atoms with van der Waals surface area (Å²) < 4.78 is 5.33. The van der Waals surface area contributed by atoms with Gasteiger partial charge in [0.15, 0.2) is 5.78 Å². The van der Waals surface area contributed by atoms with Gasteiger partial charge in [0.05, 0.1) is 13.4 Å². The molecule has 0 atom stereocenters. The monoisotopic (exact) mass is 222 g/mol. The largest absolute Gasteiger partial charge is 0.515 e. The minimum absolute atomic E-state index is 0.00231. The molecule has 0 saturated heterocycles. The Labute approximate surface area is 95.8 Å². The van der Waals surface area contributed by atoms with Crippen LogP contribution in [0.3, 0.4) is 0 Å². The number of hydrogen-bond donors (Lipinski definition) is 1. The second-order valence-corrected chi connectivity index (χ2v) is 4.51. The highest BCUT2D eigenvalue weighted by Gasteiger charge is 2.32. The van der Waals surface area contributed by atoms with Crippen molar-refractivity contribution in [2.45, 2.75) is 38.5 Å². The standard InChI is InChI=1S/C13H18O3/c1-16-11-7-6-10(8-14)13(15)12(11)9-4-2-3-5-9/h8-9,14H,2-7H2,1H3. The molecule has 3 nitrogen and oxygen atoms in total. The Bertz CT molecular complexity index is 346. The fraction of sp³-hybridized carbons (Fsp3) is 0.615. The lowest BCUT2D eigenvalue weighted by Crippen LogP contribution is -2.21. The highest BCUT2D eigenvalue weighted by Crippen LogP contribution is 2.38. The van der Waals surface area contributed by atoms with E-state index in [9.17, 15) is 4.79 Å². The van der Waals surface area contributed by atoms with Crippen molar-refractivity contribution in [2.75, 3.05) is 7.11 Å². The lowest BCUT2D eigenvalue weighted by atomic mass is 9.83. The van der Waals surface area contributed by atoms with Crippen molar-refractivity contribution in [3.8, 4) is 0 Å². The predicted molar refractivity (Wildman–Crippen MR) is 60.9 cm³/mol. The Hall–Kier alpha value is -1.25. The van der Waals surface area contributed by atoms with Crippen LogP contribution in [0.4, 0.5) is 0 Å². The number of aliphatic hydroxyl groups excluding tert-OH is 1. The summed E-state index contributed by atoms with van der Waals surface area (Å²) in [4.78, 5) is 12.1. The van der Waals surface area contributed by atoms with Crippen molar-refractivity contribution in [3.05, 3.63) is 23.2 Å². The maximum Gasteiger partial charge on any atom is 0.191 e. The van der Waals surface area contributed by atoms with Crippen LogP contribution in [0.5, 0.6) is 0 Å². The van der Waals surface area contributed by atoms with Gasteiger partial charge in [-0.1, -0.05) is 12.8 Å². The van der Waals surface area contributed by atoms with Crippen molar-refractivity contribution in [3.63, 3.8) is 0 Å². The summed E-state index contributed by atoms with van der Waals surface area (Å²) in [5, 5.41) is 9.03. The van der Waals surface area contributed by atoms with Gasteiger partial charge in [-0.05, 0) is 25.2 Å². The molecular weight excluding hydrogens is 204 g/mol. The summed E-state index contributed by atoms with van der Waals surface area (Å²) in [6.45, 7) is 0. The fourth-order valence-corrected chi connectivity index (χ4v) is 2.76. The molecule has 0 radical (unpaired) electrons. The Kier molecular flexibility index (Phi) is 3.32. The number of Topliss-reactive ketones (excluding diaryl/α,β-unsaturated/α-hetero) is 1. The Morgan fingerprint density at radius 2 is 2.00 bits per heavy atom. The maximum atomic E-state index is 12.1. The summed E-state index contributed by atoms with van der Waals surface area (Å²) in [5.41, 5.74) is 1.36. The van der Waals surface area contributed by atoms with E-state index in [-0.39, 0.29) is 5.78 Å². The minimum atomic E-state index is -0.00231. The van der Waals surface area contributed by atoms with Gasteiger partial charge in [0, 0.05) is 17.6 Å². The zero-order valence-corrected chi connectivity index (χ0v) is 9.66. The van der Waals surface area contributed by atoms with Gasteiger partial charge in [-0.2, -0.15) is 0 Å². The van der Waals surface area contributed by atoms with Crippen molar-refractivity contribution < 1.29 is 14.6 Å². The molecule has 0 bridgehead atoms. The van der Waals surface area contributed by atoms with Crippen LogP contribution in [0.15, 0.2) is 23.2 Å². The number of hydrogen-bond acceptors (Lipinski definition) is 3. The summed E-state index contributed by atoms with van der Waals surface area (Å²) in [7, 11) is 1.63. The van der Waals surface area contributed by atoms with Gasteiger partial charge in [-0.25, -0.2) is 0 Å². The van der Waals surface area contributed by atoms with Crippen LogP contribution in [0, 0.1) is 5.92 Å². The molecular formula is C13H18O3. The van der Waals surface area contributed by atoms with E-state index in [0.29, 0.717) is 17.9 Å². The highest BCUT2D eigenvalue weighted by molar-refractivity contribution is 6.09. The van der Waals surface area contributed by atoms with Gasteiger partial charge < -0.3 is 9.84 Å². The van der Waals surface area contributed by atoms with E-state index in [4.69, 9.17) is 9.84 Å². The van der Waals surface area contributed by atoms with E-state index in [1.54, 1.807) is 7.11 Å². The van der Waals surface area contributed by atoms with Gasteiger partial charge in [0.25, 0.3) is 0 Å². The molecule has 1 fully saturated rings. The van der Waals surface area contributed by atoms with E-state index in [1.807, 2.05) is 0 Å². The third-order valence-corrected chi connectivity index (χ3v) is 3.62. The van der Waals surface area contributed by atoms with E-state index >= 15 is 0 Å². The number of carbonyl (C=O) groups excluding carboxylic acids is 1. The first-order valence-electron chi connectivity index (χ1n) is 5.93. The summed E-state index contributed by atoms with van der Waals surface area (Å²) in [6, 6.07) is 0. The molecule has 16 heavy (non-hydrogen) atoms. The molecule has 0 aromatic carbocycles. The first kappa shape index (κ1) is 11.2. The van der Waals surface area contributed by atoms with Crippen molar-refractivity contribution in [1.82, 2.24) is 0 Å². The number of ether oxygens (including phenoxy) is 1. The smallest absolute Gasteiger partial charge is 0.191 e. The lowest BCUT2D eigenvalue weighted by molar-refractivity contribution is -0.113. The average molecular weight is 222 g/mol. The number of carbonyl (C=O) groups is 1. The second-order valence-electron chi connectivity index (χ2n) is 4.51. The topological polar surface area (TPSA) is 46.5 Å². The number of rotatable bonds is 2. The van der Waals surface area contributed by atoms with Crippen molar-refractivity contribution in [1.29, 1.82) is 0 Å². The molecule has 0 unspecified atom stereocenters. The first-order chi connectivity index (χ1) is 7.77. The van der Waals surface area contributed by atoms with Crippen LogP contribution in [0.1, 0.15) is 38.5 Å². The zero-order chi connectivity index (χ0) is 11.5. The lowest BCUT2D eigenvalue weighted by Gasteiger charge is -2.23.